The van der Waals surface area contributed by atoms with Gasteiger partial charge in [0.2, 0.25) is 10.0 Å². The Morgan fingerprint density at radius 2 is 1.77 bits per heavy atom. The standard InChI is InChI=1S/C20H24N2O7S2/c1-13-9-18(28-2)19(29-3)11-17(13)21-20(23)14-5-4-6-16(10-14)31(26,27)22-15-7-8-30(24,25)12-15/h4-6,9-11,15,22H,7-8,12H2,1-3H3,(H,21,23). The molecule has 1 amide bonds. The van der Waals surface area contributed by atoms with Gasteiger partial charge in [-0.1, -0.05) is 6.07 Å². The smallest absolute Gasteiger partial charge is 0.255 e. The largest absolute Gasteiger partial charge is 0.493 e. The van der Waals surface area contributed by atoms with Crippen molar-refractivity contribution in [2.45, 2.75) is 24.3 Å². The van der Waals surface area contributed by atoms with Gasteiger partial charge in [-0.2, -0.15) is 0 Å². The average molecular weight is 469 g/mol. The number of rotatable bonds is 7. The van der Waals surface area contributed by atoms with Gasteiger partial charge in [0.15, 0.2) is 21.3 Å². The van der Waals surface area contributed by atoms with Crippen molar-refractivity contribution in [1.82, 2.24) is 4.72 Å². The molecule has 3 rings (SSSR count). The molecule has 9 nitrogen and oxygen atoms in total. The lowest BCUT2D eigenvalue weighted by atomic mass is 10.1. The molecular weight excluding hydrogens is 444 g/mol. The van der Waals surface area contributed by atoms with E-state index in [1.54, 1.807) is 19.1 Å². The number of carbonyl (C=O) groups is 1. The maximum absolute atomic E-state index is 12.8. The van der Waals surface area contributed by atoms with E-state index in [1.165, 1.54) is 38.5 Å². The molecule has 1 fully saturated rings. The summed E-state index contributed by atoms with van der Waals surface area (Å²) in [4.78, 5) is 12.6. The van der Waals surface area contributed by atoms with Gasteiger partial charge in [-0.3, -0.25) is 4.79 Å². The van der Waals surface area contributed by atoms with E-state index in [9.17, 15) is 21.6 Å². The number of hydrogen-bond donors (Lipinski definition) is 2. The highest BCUT2D eigenvalue weighted by Crippen LogP contribution is 2.33. The molecule has 1 unspecified atom stereocenters. The van der Waals surface area contributed by atoms with Crippen molar-refractivity contribution >= 4 is 31.5 Å². The molecule has 31 heavy (non-hydrogen) atoms. The fourth-order valence-electron chi connectivity index (χ4n) is 3.29. The SMILES string of the molecule is COc1cc(C)c(NC(=O)c2cccc(S(=O)(=O)NC3CCS(=O)(=O)C3)c2)cc1OC. The van der Waals surface area contributed by atoms with Crippen LogP contribution in [0.25, 0.3) is 0 Å². The van der Waals surface area contributed by atoms with Crippen LogP contribution in [0.1, 0.15) is 22.3 Å². The normalized spacial score (nSPS) is 17.8. The summed E-state index contributed by atoms with van der Waals surface area (Å²) >= 11 is 0. The lowest BCUT2D eigenvalue weighted by Gasteiger charge is -2.14. The molecule has 2 N–H and O–H groups in total. The Kier molecular flexibility index (Phi) is 6.58. The Bertz CT molecular complexity index is 1210. The molecule has 1 atom stereocenters. The highest BCUT2D eigenvalue weighted by Gasteiger charge is 2.31. The maximum Gasteiger partial charge on any atom is 0.255 e. The van der Waals surface area contributed by atoms with Gasteiger partial charge in [0.25, 0.3) is 5.91 Å². The second-order valence-electron chi connectivity index (χ2n) is 7.23. The van der Waals surface area contributed by atoms with Crippen molar-refractivity contribution < 1.29 is 31.1 Å². The summed E-state index contributed by atoms with van der Waals surface area (Å²) in [6, 6.07) is 8.20. The van der Waals surface area contributed by atoms with E-state index < -0.39 is 31.8 Å². The summed E-state index contributed by atoms with van der Waals surface area (Å²) in [6.45, 7) is 1.79. The Morgan fingerprint density at radius 3 is 2.39 bits per heavy atom. The van der Waals surface area contributed by atoms with Crippen molar-refractivity contribution in [3.8, 4) is 11.5 Å². The van der Waals surface area contributed by atoms with Crippen molar-refractivity contribution in [2.24, 2.45) is 0 Å². The average Bonchev–Trinajstić information content (AvgIpc) is 3.06. The molecule has 0 radical (unpaired) electrons. The van der Waals surface area contributed by atoms with Crippen LogP contribution >= 0.6 is 0 Å². The van der Waals surface area contributed by atoms with E-state index in [-0.39, 0.29) is 28.4 Å². The first-order valence-corrected chi connectivity index (χ1v) is 12.7. The molecular formula is C20H24N2O7S2. The highest BCUT2D eigenvalue weighted by atomic mass is 32.2. The number of hydrogen-bond acceptors (Lipinski definition) is 7. The van der Waals surface area contributed by atoms with Crippen LogP contribution in [0.3, 0.4) is 0 Å². The minimum absolute atomic E-state index is 0.0483. The van der Waals surface area contributed by atoms with E-state index in [0.717, 1.165) is 5.56 Å². The van der Waals surface area contributed by atoms with Gasteiger partial charge in [-0.15, -0.1) is 0 Å². The van der Waals surface area contributed by atoms with Crippen LogP contribution in [0.2, 0.25) is 0 Å². The zero-order valence-corrected chi connectivity index (χ0v) is 19.0. The van der Waals surface area contributed by atoms with Crippen molar-refractivity contribution in [1.29, 1.82) is 0 Å². The van der Waals surface area contributed by atoms with E-state index in [2.05, 4.69) is 10.0 Å². The number of aryl methyl sites for hydroxylation is 1. The molecule has 2 aromatic rings. The Balaban J connectivity index is 1.80. The van der Waals surface area contributed by atoms with Crippen LogP contribution in [0.4, 0.5) is 5.69 Å². The number of amides is 1. The van der Waals surface area contributed by atoms with E-state index in [0.29, 0.717) is 17.2 Å². The minimum Gasteiger partial charge on any atom is -0.493 e. The fraction of sp³-hybridized carbons (Fsp3) is 0.350. The van der Waals surface area contributed by atoms with Gasteiger partial charge in [0, 0.05) is 23.4 Å². The van der Waals surface area contributed by atoms with Crippen molar-refractivity contribution in [2.75, 3.05) is 31.0 Å². The molecule has 0 bridgehead atoms. The molecule has 1 heterocycles. The van der Waals surface area contributed by atoms with Crippen LogP contribution in [-0.4, -0.2) is 54.5 Å². The van der Waals surface area contributed by atoms with Crippen LogP contribution in [-0.2, 0) is 19.9 Å². The number of sulfonamides is 1. The van der Waals surface area contributed by atoms with E-state index in [4.69, 9.17) is 9.47 Å². The second-order valence-corrected chi connectivity index (χ2v) is 11.2. The van der Waals surface area contributed by atoms with Crippen molar-refractivity contribution in [3.05, 3.63) is 47.5 Å². The Labute approximate surface area is 181 Å². The van der Waals surface area contributed by atoms with Gasteiger partial charge >= 0.3 is 0 Å². The number of benzene rings is 2. The first-order chi connectivity index (χ1) is 14.5. The topological polar surface area (TPSA) is 128 Å². The van der Waals surface area contributed by atoms with Gasteiger partial charge in [0.05, 0.1) is 30.6 Å². The maximum atomic E-state index is 12.8. The number of sulfone groups is 1. The third-order valence-electron chi connectivity index (χ3n) is 4.94. The van der Waals surface area contributed by atoms with Crippen molar-refractivity contribution in [3.63, 3.8) is 0 Å². The Morgan fingerprint density at radius 1 is 1.10 bits per heavy atom. The second kappa shape index (κ2) is 8.85. The summed E-state index contributed by atoms with van der Waals surface area (Å²) < 4.78 is 61.4. The lowest BCUT2D eigenvalue weighted by molar-refractivity contribution is 0.102. The van der Waals surface area contributed by atoms with Gasteiger partial charge < -0.3 is 14.8 Å². The number of methoxy groups -OCH3 is 2. The minimum atomic E-state index is -3.98. The summed E-state index contributed by atoms with van der Waals surface area (Å²) in [7, 11) is -4.22. The number of carbonyl (C=O) groups excluding carboxylic acids is 1. The van der Waals surface area contributed by atoms with Gasteiger partial charge in [-0.25, -0.2) is 21.6 Å². The third-order valence-corrected chi connectivity index (χ3v) is 8.23. The zero-order valence-electron chi connectivity index (χ0n) is 17.3. The van der Waals surface area contributed by atoms with Gasteiger partial charge in [0.1, 0.15) is 0 Å². The molecule has 2 aromatic carbocycles. The summed E-state index contributed by atoms with van der Waals surface area (Å²) in [5.74, 6) is 0.176. The van der Waals surface area contributed by atoms with Crippen LogP contribution < -0.4 is 19.5 Å². The Hall–Kier alpha value is -2.63. The number of nitrogens with one attached hydrogen (secondary N) is 2. The quantitative estimate of drug-likeness (QED) is 0.633. The zero-order chi connectivity index (χ0) is 22.8. The highest BCUT2D eigenvalue weighted by molar-refractivity contribution is 7.92. The molecule has 1 saturated heterocycles. The monoisotopic (exact) mass is 468 g/mol. The molecule has 0 spiro atoms. The summed E-state index contributed by atoms with van der Waals surface area (Å²) in [5, 5.41) is 2.75. The van der Waals surface area contributed by atoms with Gasteiger partial charge in [-0.05, 0) is 43.2 Å². The summed E-state index contributed by atoms with van der Waals surface area (Å²) in [5.41, 5.74) is 1.36. The van der Waals surface area contributed by atoms with Crippen LogP contribution in [0.15, 0.2) is 41.3 Å². The third kappa shape index (κ3) is 5.35. The molecule has 0 aliphatic carbocycles. The molecule has 0 aromatic heterocycles. The lowest BCUT2D eigenvalue weighted by Crippen LogP contribution is -2.35. The first-order valence-electron chi connectivity index (χ1n) is 9.41. The number of anilines is 1. The first kappa shape index (κ1) is 23.0. The van der Waals surface area contributed by atoms with E-state index >= 15 is 0 Å². The molecule has 1 aliphatic rings. The predicted octanol–water partition coefficient (Wildman–Crippen LogP) is 1.73. The molecule has 168 valence electrons. The molecule has 0 saturated carbocycles. The number of ether oxygens (including phenoxy) is 2. The molecule has 11 heteroatoms. The fourth-order valence-corrected chi connectivity index (χ4v) is 6.38. The van der Waals surface area contributed by atoms with E-state index in [1.807, 2.05) is 0 Å². The van der Waals surface area contributed by atoms with Crippen LogP contribution in [0.5, 0.6) is 11.5 Å². The molecule has 1 aliphatic heterocycles. The van der Waals surface area contributed by atoms with Crippen LogP contribution in [0, 0.1) is 6.92 Å². The predicted molar refractivity (Wildman–Crippen MR) is 116 cm³/mol. The summed E-state index contributed by atoms with van der Waals surface area (Å²) in [6.07, 6.45) is 0.223.